The number of ether oxygens (including phenoxy) is 1. The Labute approximate surface area is 132 Å². The van der Waals surface area contributed by atoms with E-state index < -0.39 is 29.8 Å². The highest BCUT2D eigenvalue weighted by molar-refractivity contribution is 6.30. The number of carbonyl (C=O) groups is 2. The van der Waals surface area contributed by atoms with E-state index in [9.17, 15) is 14.0 Å². The summed E-state index contributed by atoms with van der Waals surface area (Å²) in [4.78, 5) is 23.5. The van der Waals surface area contributed by atoms with Crippen molar-refractivity contribution >= 4 is 23.5 Å². The Balaban J connectivity index is 1.92. The molecule has 1 saturated carbocycles. The Morgan fingerprint density at radius 2 is 2.09 bits per heavy atom. The van der Waals surface area contributed by atoms with E-state index in [0.717, 1.165) is 25.0 Å². The summed E-state index contributed by atoms with van der Waals surface area (Å²) in [5.41, 5.74) is -1.22. The first-order chi connectivity index (χ1) is 10.5. The van der Waals surface area contributed by atoms with Gasteiger partial charge in [-0.15, -0.1) is 0 Å². The molecular formula is C15H14ClFN2O3. The second-order valence-electron chi connectivity index (χ2n) is 5.15. The van der Waals surface area contributed by atoms with Gasteiger partial charge in [-0.1, -0.05) is 11.6 Å². The number of esters is 1. The third-order valence-electron chi connectivity index (χ3n) is 3.53. The first-order valence-electron chi connectivity index (χ1n) is 6.80. The zero-order chi connectivity index (χ0) is 16.2. The second-order valence-corrected chi connectivity index (χ2v) is 5.59. The summed E-state index contributed by atoms with van der Waals surface area (Å²) in [7, 11) is 0. The van der Waals surface area contributed by atoms with E-state index >= 15 is 0 Å². The molecule has 116 valence electrons. The van der Waals surface area contributed by atoms with Gasteiger partial charge in [-0.25, -0.2) is 9.18 Å². The van der Waals surface area contributed by atoms with Crippen LogP contribution in [0.25, 0.3) is 0 Å². The van der Waals surface area contributed by atoms with E-state index in [1.807, 2.05) is 0 Å². The van der Waals surface area contributed by atoms with E-state index in [-0.39, 0.29) is 10.6 Å². The highest BCUT2D eigenvalue weighted by Gasteiger charge is 2.35. The fourth-order valence-electron chi connectivity index (χ4n) is 2.41. The average Bonchev–Trinajstić information content (AvgIpc) is 2.96. The molecule has 0 radical (unpaired) electrons. The maximum atomic E-state index is 13.5. The largest absolute Gasteiger partial charge is 0.452 e. The Morgan fingerprint density at radius 3 is 2.73 bits per heavy atom. The number of benzene rings is 1. The first-order valence-corrected chi connectivity index (χ1v) is 7.18. The number of hydrogen-bond donors (Lipinski definition) is 1. The van der Waals surface area contributed by atoms with E-state index in [2.05, 4.69) is 11.4 Å². The summed E-state index contributed by atoms with van der Waals surface area (Å²) in [5, 5.41) is 11.9. The lowest BCUT2D eigenvalue weighted by atomic mass is 10.00. The lowest BCUT2D eigenvalue weighted by Gasteiger charge is -2.21. The normalized spacial score (nSPS) is 15.9. The van der Waals surface area contributed by atoms with Crippen molar-refractivity contribution in [2.45, 2.75) is 31.2 Å². The standard InChI is InChI=1S/C15H14ClFN2O3/c16-10-3-4-12(17)11(7-10)14(21)22-8-13(20)19-15(9-18)5-1-2-6-15/h3-4,7H,1-2,5-6,8H2,(H,19,20). The van der Waals surface area contributed by atoms with Crippen LogP contribution in [-0.2, 0) is 9.53 Å². The number of nitriles is 1. The highest BCUT2D eigenvalue weighted by atomic mass is 35.5. The fourth-order valence-corrected chi connectivity index (χ4v) is 2.58. The van der Waals surface area contributed by atoms with Crippen molar-refractivity contribution in [2.24, 2.45) is 0 Å². The van der Waals surface area contributed by atoms with Crippen LogP contribution in [0.4, 0.5) is 4.39 Å². The van der Waals surface area contributed by atoms with Crippen LogP contribution in [0.15, 0.2) is 18.2 Å². The monoisotopic (exact) mass is 324 g/mol. The molecule has 0 unspecified atom stereocenters. The maximum absolute atomic E-state index is 13.5. The van der Waals surface area contributed by atoms with Crippen LogP contribution in [0.1, 0.15) is 36.0 Å². The van der Waals surface area contributed by atoms with Gasteiger partial charge in [0.1, 0.15) is 11.4 Å². The minimum atomic E-state index is -0.979. The van der Waals surface area contributed by atoms with Gasteiger partial charge in [0.15, 0.2) is 6.61 Å². The van der Waals surface area contributed by atoms with Gasteiger partial charge in [0, 0.05) is 5.02 Å². The predicted molar refractivity (Wildman–Crippen MR) is 76.6 cm³/mol. The summed E-state index contributed by atoms with van der Waals surface area (Å²) in [5.74, 6) is -2.34. The van der Waals surface area contributed by atoms with Gasteiger partial charge in [0.25, 0.3) is 5.91 Å². The quantitative estimate of drug-likeness (QED) is 0.863. The number of nitrogens with one attached hydrogen (secondary N) is 1. The van der Waals surface area contributed by atoms with Crippen LogP contribution in [0.5, 0.6) is 0 Å². The molecule has 1 aromatic carbocycles. The molecule has 0 aromatic heterocycles. The zero-order valence-electron chi connectivity index (χ0n) is 11.7. The van der Waals surface area contributed by atoms with Crippen molar-refractivity contribution in [3.63, 3.8) is 0 Å². The molecule has 0 heterocycles. The second kappa shape index (κ2) is 6.75. The third kappa shape index (κ3) is 3.74. The van der Waals surface area contributed by atoms with Gasteiger partial charge in [-0.05, 0) is 43.9 Å². The molecule has 1 N–H and O–H groups in total. The van der Waals surface area contributed by atoms with Gasteiger partial charge in [-0.2, -0.15) is 5.26 Å². The Kier molecular flexibility index (Phi) is 4.99. The number of rotatable bonds is 4. The molecule has 0 aliphatic heterocycles. The molecule has 1 aromatic rings. The molecule has 1 aliphatic carbocycles. The molecule has 1 aliphatic rings. The van der Waals surface area contributed by atoms with E-state index in [1.54, 1.807) is 0 Å². The molecule has 0 atom stereocenters. The highest BCUT2D eigenvalue weighted by Crippen LogP contribution is 2.28. The van der Waals surface area contributed by atoms with E-state index in [0.29, 0.717) is 12.8 Å². The van der Waals surface area contributed by atoms with Crippen LogP contribution in [0.3, 0.4) is 0 Å². The van der Waals surface area contributed by atoms with Gasteiger partial charge in [-0.3, -0.25) is 4.79 Å². The van der Waals surface area contributed by atoms with E-state index in [1.165, 1.54) is 6.07 Å². The van der Waals surface area contributed by atoms with Gasteiger partial charge < -0.3 is 10.1 Å². The summed E-state index contributed by atoms with van der Waals surface area (Å²) in [6, 6.07) is 5.57. The van der Waals surface area contributed by atoms with Crippen molar-refractivity contribution in [1.82, 2.24) is 5.32 Å². The topological polar surface area (TPSA) is 79.2 Å². The van der Waals surface area contributed by atoms with Crippen LogP contribution >= 0.6 is 11.6 Å². The molecule has 1 amide bonds. The average molecular weight is 325 g/mol. The molecule has 1 fully saturated rings. The van der Waals surface area contributed by atoms with Gasteiger partial charge in [0.2, 0.25) is 0 Å². The van der Waals surface area contributed by atoms with Gasteiger partial charge in [0.05, 0.1) is 11.6 Å². The molecule has 5 nitrogen and oxygen atoms in total. The number of halogens is 2. The third-order valence-corrected chi connectivity index (χ3v) is 3.77. The van der Waals surface area contributed by atoms with Crippen LogP contribution in [0.2, 0.25) is 5.02 Å². The smallest absolute Gasteiger partial charge is 0.341 e. The summed E-state index contributed by atoms with van der Waals surface area (Å²) < 4.78 is 18.3. The summed E-state index contributed by atoms with van der Waals surface area (Å²) >= 11 is 5.68. The van der Waals surface area contributed by atoms with Crippen LogP contribution in [-0.4, -0.2) is 24.0 Å². The maximum Gasteiger partial charge on any atom is 0.341 e. The minimum Gasteiger partial charge on any atom is -0.452 e. The Hall–Kier alpha value is -2.13. The first kappa shape index (κ1) is 16.2. The Bertz CT molecular complexity index is 636. The lowest BCUT2D eigenvalue weighted by Crippen LogP contribution is -2.46. The lowest BCUT2D eigenvalue weighted by molar-refractivity contribution is -0.125. The number of carbonyl (C=O) groups excluding carboxylic acids is 2. The molecular weight excluding hydrogens is 311 g/mol. The number of hydrogen-bond acceptors (Lipinski definition) is 4. The number of nitrogens with zero attached hydrogens (tertiary/aromatic N) is 1. The van der Waals surface area contributed by atoms with Crippen LogP contribution < -0.4 is 5.32 Å². The molecule has 7 heteroatoms. The Morgan fingerprint density at radius 1 is 1.41 bits per heavy atom. The fraction of sp³-hybridized carbons (Fsp3) is 0.400. The molecule has 0 bridgehead atoms. The van der Waals surface area contributed by atoms with Crippen LogP contribution in [0, 0.1) is 17.1 Å². The molecule has 0 saturated heterocycles. The predicted octanol–water partition coefficient (Wildman–Crippen LogP) is 2.59. The molecule has 2 rings (SSSR count). The van der Waals surface area contributed by atoms with Crippen molar-refractivity contribution < 1.29 is 18.7 Å². The van der Waals surface area contributed by atoms with Crippen molar-refractivity contribution in [3.05, 3.63) is 34.6 Å². The van der Waals surface area contributed by atoms with Gasteiger partial charge >= 0.3 is 5.97 Å². The molecule has 0 spiro atoms. The van der Waals surface area contributed by atoms with Crippen molar-refractivity contribution in [2.75, 3.05) is 6.61 Å². The van der Waals surface area contributed by atoms with E-state index in [4.69, 9.17) is 21.6 Å². The van der Waals surface area contributed by atoms with Crippen molar-refractivity contribution in [1.29, 1.82) is 5.26 Å². The SMILES string of the molecule is N#CC1(NC(=O)COC(=O)c2cc(Cl)ccc2F)CCCC1. The van der Waals surface area contributed by atoms with Crippen molar-refractivity contribution in [3.8, 4) is 6.07 Å². The molecule has 22 heavy (non-hydrogen) atoms. The summed E-state index contributed by atoms with van der Waals surface area (Å²) in [6.07, 6.45) is 2.88. The zero-order valence-corrected chi connectivity index (χ0v) is 12.5. The summed E-state index contributed by atoms with van der Waals surface area (Å²) in [6.45, 7) is -0.575. The minimum absolute atomic E-state index is 0.187. The number of amides is 1.